The third-order valence-corrected chi connectivity index (χ3v) is 6.28. The molecule has 1 aromatic rings. The summed E-state index contributed by atoms with van der Waals surface area (Å²) in [5.41, 5.74) is 7.84. The maximum Gasteiger partial charge on any atom is 0.152 e. The van der Waals surface area contributed by atoms with E-state index in [1.165, 1.54) is 0 Å². The van der Waals surface area contributed by atoms with Crippen molar-refractivity contribution in [3.63, 3.8) is 0 Å². The summed E-state index contributed by atoms with van der Waals surface area (Å²) in [6, 6.07) is 2.03. The lowest BCUT2D eigenvalue weighted by Gasteiger charge is -2.38. The van der Waals surface area contributed by atoms with E-state index in [9.17, 15) is 0 Å². The van der Waals surface area contributed by atoms with Crippen LogP contribution in [-0.2, 0) is 9.47 Å². The maximum atomic E-state index is 6.06. The third kappa shape index (κ3) is 8.88. The van der Waals surface area contributed by atoms with Gasteiger partial charge in [0, 0.05) is 78.5 Å². The van der Waals surface area contributed by atoms with Crippen LogP contribution in [0.15, 0.2) is 12.3 Å². The number of rotatable bonds is 15. The number of aromatic nitrogens is 1. The van der Waals surface area contributed by atoms with Crippen LogP contribution in [0.25, 0.3) is 0 Å². The molecule has 4 N–H and O–H groups in total. The van der Waals surface area contributed by atoms with Gasteiger partial charge in [0.15, 0.2) is 5.82 Å². The molecule has 0 amide bonds. The van der Waals surface area contributed by atoms with Crippen molar-refractivity contribution in [1.82, 2.24) is 25.4 Å². The fourth-order valence-corrected chi connectivity index (χ4v) is 4.16. The first-order valence-corrected chi connectivity index (χ1v) is 12.3. The fraction of sp³-hybridized carbons (Fsp3) is 0.783. The fourth-order valence-electron chi connectivity index (χ4n) is 4.16. The minimum atomic E-state index is 0.692. The molecule has 0 spiro atoms. The van der Waals surface area contributed by atoms with E-state index >= 15 is 0 Å². The van der Waals surface area contributed by atoms with Crippen LogP contribution < -0.4 is 26.2 Å². The maximum absolute atomic E-state index is 6.06. The Hall–Kier alpha value is -1.69. The van der Waals surface area contributed by atoms with Gasteiger partial charge in [0.2, 0.25) is 0 Å². The molecule has 2 aliphatic rings. The number of nitrogens with one attached hydrogen (secondary N) is 2. The molecule has 1 saturated heterocycles. The zero-order chi connectivity index (χ0) is 23.3. The summed E-state index contributed by atoms with van der Waals surface area (Å²) < 4.78 is 11.8. The lowest BCUT2D eigenvalue weighted by Crippen LogP contribution is -2.46. The predicted molar refractivity (Wildman–Crippen MR) is 135 cm³/mol. The summed E-state index contributed by atoms with van der Waals surface area (Å²) >= 11 is 0. The van der Waals surface area contributed by atoms with Crippen molar-refractivity contribution in [3.8, 4) is 0 Å². The number of ether oxygens (including phenoxy) is 2. The molecule has 0 atom stereocenters. The molecule has 0 bridgehead atoms. The van der Waals surface area contributed by atoms with Crippen LogP contribution in [0, 0.1) is 0 Å². The van der Waals surface area contributed by atoms with E-state index in [-0.39, 0.29) is 0 Å². The highest BCUT2D eigenvalue weighted by Gasteiger charge is 2.24. The second kappa shape index (κ2) is 14.5. The highest BCUT2D eigenvalue weighted by Crippen LogP contribution is 2.32. The molecule has 33 heavy (non-hydrogen) atoms. The van der Waals surface area contributed by atoms with Gasteiger partial charge in [0.25, 0.3) is 0 Å². The van der Waals surface area contributed by atoms with Crippen molar-refractivity contribution < 1.29 is 9.47 Å². The number of hydrogen-bond donors (Lipinski definition) is 3. The van der Waals surface area contributed by atoms with Crippen molar-refractivity contribution in [1.29, 1.82) is 0 Å². The number of fused-ring (bicyclic) bond motifs is 1. The van der Waals surface area contributed by atoms with Crippen molar-refractivity contribution >= 4 is 17.2 Å². The van der Waals surface area contributed by atoms with E-state index < -0.39 is 0 Å². The van der Waals surface area contributed by atoms with Gasteiger partial charge >= 0.3 is 0 Å². The first-order chi connectivity index (χ1) is 16.2. The van der Waals surface area contributed by atoms with Gasteiger partial charge in [-0.05, 0) is 20.2 Å². The van der Waals surface area contributed by atoms with Gasteiger partial charge in [-0.15, -0.1) is 0 Å². The van der Waals surface area contributed by atoms with Crippen molar-refractivity contribution in [2.24, 2.45) is 0 Å². The van der Waals surface area contributed by atoms with E-state index in [1.807, 2.05) is 13.1 Å². The zero-order valence-corrected chi connectivity index (χ0v) is 20.6. The third-order valence-electron chi connectivity index (χ3n) is 6.28. The van der Waals surface area contributed by atoms with Crippen molar-refractivity contribution in [2.45, 2.75) is 0 Å². The summed E-state index contributed by atoms with van der Waals surface area (Å²) in [7, 11) is 4.14. The molecule has 0 radical (unpaired) electrons. The Morgan fingerprint density at radius 2 is 1.58 bits per heavy atom. The Morgan fingerprint density at radius 1 is 0.879 bits per heavy atom. The van der Waals surface area contributed by atoms with E-state index in [0.717, 1.165) is 103 Å². The Kier molecular flexibility index (Phi) is 11.4. The summed E-state index contributed by atoms with van der Waals surface area (Å²) in [4.78, 5) is 14.2. The quantitative estimate of drug-likeness (QED) is 0.292. The largest absolute Gasteiger partial charge is 0.397 e. The van der Waals surface area contributed by atoms with Gasteiger partial charge < -0.3 is 40.5 Å². The smallest absolute Gasteiger partial charge is 0.152 e. The monoisotopic (exact) mass is 464 g/mol. The standard InChI is InChI=1S/C23H44N8O2/c1-25-3-4-26-5-15-32-17-13-30-10-11-31(23-22(30)19-21(24)20-27-23)14-18-33-16-12-29-8-6-28(2)7-9-29/h19-20,25-26H,3-18,24H2,1-2H3. The molecule has 0 saturated carbocycles. The van der Waals surface area contributed by atoms with Crippen LogP contribution in [0.3, 0.4) is 0 Å². The molecule has 10 heteroatoms. The number of nitrogens with zero attached hydrogens (tertiary/aromatic N) is 5. The number of nitrogen functional groups attached to an aromatic ring is 1. The average Bonchev–Trinajstić information content (AvgIpc) is 2.82. The SMILES string of the molecule is CNCCNCCOCCN1CCN(CCOCCN2CCN(C)CC2)c2ncc(N)cc21. The molecular weight excluding hydrogens is 420 g/mol. The topological polar surface area (TPSA) is 94.4 Å². The van der Waals surface area contributed by atoms with Crippen molar-refractivity contribution in [2.75, 3.05) is 135 Å². The lowest BCUT2D eigenvalue weighted by molar-refractivity contribution is 0.0848. The van der Waals surface area contributed by atoms with Crippen LogP contribution >= 0.6 is 0 Å². The Balaban J connectivity index is 1.37. The minimum Gasteiger partial charge on any atom is -0.397 e. The average molecular weight is 465 g/mol. The van der Waals surface area contributed by atoms with Gasteiger partial charge in [0.05, 0.1) is 44.0 Å². The van der Waals surface area contributed by atoms with Gasteiger partial charge in [-0.25, -0.2) is 4.98 Å². The molecule has 1 aromatic heterocycles. The van der Waals surface area contributed by atoms with Crippen LogP contribution in [0.5, 0.6) is 0 Å². The molecule has 0 aliphatic carbocycles. The number of hydrogen-bond acceptors (Lipinski definition) is 10. The minimum absolute atomic E-state index is 0.692. The Bertz CT molecular complexity index is 672. The summed E-state index contributed by atoms with van der Waals surface area (Å²) in [5.74, 6) is 0.992. The second-order valence-electron chi connectivity index (χ2n) is 8.81. The van der Waals surface area contributed by atoms with Gasteiger partial charge in [0.1, 0.15) is 0 Å². The zero-order valence-electron chi connectivity index (χ0n) is 20.6. The van der Waals surface area contributed by atoms with E-state index in [1.54, 1.807) is 6.20 Å². The first kappa shape index (κ1) is 25.9. The van der Waals surface area contributed by atoms with Crippen LogP contribution in [-0.4, -0.2) is 134 Å². The Morgan fingerprint density at radius 3 is 2.36 bits per heavy atom. The number of piperazine rings is 1. The molecule has 10 nitrogen and oxygen atoms in total. The lowest BCUT2D eigenvalue weighted by atomic mass is 10.2. The normalized spacial score (nSPS) is 17.5. The Labute approximate surface area is 199 Å². The molecule has 2 aliphatic heterocycles. The molecule has 0 aromatic carbocycles. The number of nitrogens with two attached hydrogens (primary N) is 1. The number of likely N-dealkylation sites (N-methyl/N-ethyl adjacent to an activating group) is 2. The highest BCUT2D eigenvalue weighted by atomic mass is 16.5. The molecule has 188 valence electrons. The summed E-state index contributed by atoms with van der Waals surface area (Å²) in [6.07, 6.45) is 1.75. The summed E-state index contributed by atoms with van der Waals surface area (Å²) in [6.45, 7) is 14.8. The van der Waals surface area contributed by atoms with E-state index in [0.29, 0.717) is 18.9 Å². The molecule has 0 unspecified atom stereocenters. The molecule has 3 heterocycles. The second-order valence-corrected chi connectivity index (χ2v) is 8.81. The number of pyridine rings is 1. The van der Waals surface area contributed by atoms with E-state index in [4.69, 9.17) is 15.2 Å². The van der Waals surface area contributed by atoms with Gasteiger partial charge in [-0.2, -0.15) is 0 Å². The van der Waals surface area contributed by atoms with Crippen molar-refractivity contribution in [3.05, 3.63) is 12.3 Å². The summed E-state index contributed by atoms with van der Waals surface area (Å²) in [5, 5.41) is 6.47. The van der Waals surface area contributed by atoms with E-state index in [2.05, 4.69) is 42.3 Å². The van der Waals surface area contributed by atoms with Gasteiger partial charge in [-0.1, -0.05) is 0 Å². The predicted octanol–water partition coefficient (Wildman–Crippen LogP) is -0.620. The van der Waals surface area contributed by atoms with Gasteiger partial charge in [-0.3, -0.25) is 4.90 Å². The van der Waals surface area contributed by atoms with Crippen LogP contribution in [0.2, 0.25) is 0 Å². The van der Waals surface area contributed by atoms with Crippen LogP contribution in [0.1, 0.15) is 0 Å². The number of anilines is 3. The molecule has 3 rings (SSSR count). The highest BCUT2D eigenvalue weighted by molar-refractivity contribution is 5.72. The molecule has 1 fully saturated rings. The first-order valence-electron chi connectivity index (χ1n) is 12.3. The molecular formula is C23H44N8O2. The van der Waals surface area contributed by atoms with Crippen LogP contribution in [0.4, 0.5) is 17.2 Å².